The first kappa shape index (κ1) is 19.2. The van der Waals surface area contributed by atoms with Crippen molar-refractivity contribution >= 4 is 32.6 Å². The first-order valence-electron chi connectivity index (χ1n) is 7.98. The van der Waals surface area contributed by atoms with Gasteiger partial charge in [0.2, 0.25) is 5.91 Å². The lowest BCUT2D eigenvalue weighted by molar-refractivity contribution is -0.153. The van der Waals surface area contributed by atoms with Crippen molar-refractivity contribution in [3.05, 3.63) is 35.2 Å². The number of nitrogens with one attached hydrogen (secondary N) is 1. The van der Waals surface area contributed by atoms with Gasteiger partial charge in [0.15, 0.2) is 11.7 Å². The molecule has 1 atom stereocenters. The number of halogens is 3. The molecule has 6 nitrogen and oxygen atoms in total. The normalized spacial score (nSPS) is 13.0. The van der Waals surface area contributed by atoms with Gasteiger partial charge >= 0.3 is 6.18 Å². The van der Waals surface area contributed by atoms with E-state index in [2.05, 4.69) is 15.5 Å². The Morgan fingerprint density at radius 2 is 2.11 bits per heavy atom. The van der Waals surface area contributed by atoms with Crippen molar-refractivity contribution in [3.63, 3.8) is 0 Å². The molecule has 1 aromatic carbocycles. The molecule has 0 aliphatic rings. The van der Waals surface area contributed by atoms with Crippen LogP contribution in [0.4, 0.5) is 18.3 Å². The van der Waals surface area contributed by atoms with Crippen LogP contribution in [0, 0.1) is 13.8 Å². The Hall–Kier alpha value is -2.62. The number of fused-ring (bicyclic) bond motifs is 1. The van der Waals surface area contributed by atoms with Crippen molar-refractivity contribution in [1.29, 1.82) is 0 Å². The fourth-order valence-electron chi connectivity index (χ4n) is 2.67. The Morgan fingerprint density at radius 3 is 2.74 bits per heavy atom. The summed E-state index contributed by atoms with van der Waals surface area (Å²) in [5, 5.41) is 6.92. The highest BCUT2D eigenvalue weighted by atomic mass is 32.1. The van der Waals surface area contributed by atoms with Crippen LogP contribution in [0.3, 0.4) is 0 Å². The quantitative estimate of drug-likeness (QED) is 0.679. The highest BCUT2D eigenvalue weighted by molar-refractivity contribution is 7.22. The lowest BCUT2D eigenvalue weighted by Crippen LogP contribution is -2.19. The molecule has 2 aromatic heterocycles. The molecule has 27 heavy (non-hydrogen) atoms. The molecule has 1 N–H and O–H groups in total. The summed E-state index contributed by atoms with van der Waals surface area (Å²) < 4.78 is 47.2. The Labute approximate surface area is 156 Å². The van der Waals surface area contributed by atoms with Crippen molar-refractivity contribution in [1.82, 2.24) is 10.1 Å². The number of hydrogen-bond donors (Lipinski definition) is 1. The van der Waals surface area contributed by atoms with E-state index in [1.54, 1.807) is 26.8 Å². The van der Waals surface area contributed by atoms with E-state index < -0.39 is 18.7 Å². The topological polar surface area (TPSA) is 77.3 Å². The summed E-state index contributed by atoms with van der Waals surface area (Å²) in [4.78, 5) is 16.8. The standard InChI is InChI=1S/C17H16F3N3O3S/c1-8(14-9(2)23-26-10(14)3)15(24)22-16-21-12-5-4-11(6-13(12)27-16)25-7-17(18,19)20/h4-6,8H,7H2,1-3H3,(H,21,22,24). The van der Waals surface area contributed by atoms with E-state index in [1.807, 2.05) is 0 Å². The maximum Gasteiger partial charge on any atom is 0.422 e. The van der Waals surface area contributed by atoms with Crippen LogP contribution < -0.4 is 10.1 Å². The Morgan fingerprint density at radius 1 is 1.37 bits per heavy atom. The number of aromatic nitrogens is 2. The second-order valence-electron chi connectivity index (χ2n) is 6.00. The zero-order valence-corrected chi connectivity index (χ0v) is 15.5. The number of thiazole rings is 1. The van der Waals surface area contributed by atoms with Crippen LogP contribution >= 0.6 is 11.3 Å². The highest BCUT2D eigenvalue weighted by Gasteiger charge is 2.28. The summed E-state index contributed by atoms with van der Waals surface area (Å²) in [7, 11) is 0. The van der Waals surface area contributed by atoms with Crippen LogP contribution in [0.2, 0.25) is 0 Å². The molecule has 0 aliphatic carbocycles. The van der Waals surface area contributed by atoms with Crippen LogP contribution in [-0.4, -0.2) is 28.8 Å². The lowest BCUT2D eigenvalue weighted by Gasteiger charge is -2.10. The number of carbonyl (C=O) groups is 1. The summed E-state index contributed by atoms with van der Waals surface area (Å²) in [5.41, 5.74) is 1.92. The van der Waals surface area contributed by atoms with E-state index in [0.717, 1.165) is 16.9 Å². The predicted octanol–water partition coefficient (Wildman–Crippen LogP) is 4.58. The van der Waals surface area contributed by atoms with Gasteiger partial charge in [-0.3, -0.25) is 4.79 Å². The minimum atomic E-state index is -4.41. The van der Waals surface area contributed by atoms with Crippen molar-refractivity contribution in [3.8, 4) is 5.75 Å². The number of alkyl halides is 3. The van der Waals surface area contributed by atoms with Gasteiger partial charge < -0.3 is 14.6 Å². The molecule has 1 amide bonds. The van der Waals surface area contributed by atoms with Crippen molar-refractivity contribution < 1.29 is 27.2 Å². The van der Waals surface area contributed by atoms with Gasteiger partial charge in [-0.05, 0) is 39.0 Å². The van der Waals surface area contributed by atoms with E-state index in [1.165, 1.54) is 12.1 Å². The lowest BCUT2D eigenvalue weighted by atomic mass is 9.99. The number of amides is 1. The number of benzene rings is 1. The molecule has 0 saturated carbocycles. The van der Waals surface area contributed by atoms with Gasteiger partial charge in [-0.15, -0.1) is 0 Å². The Bertz CT molecular complexity index is 961. The van der Waals surface area contributed by atoms with Gasteiger partial charge in [0, 0.05) is 5.56 Å². The molecule has 3 rings (SSSR count). The number of ether oxygens (including phenoxy) is 1. The third-order valence-electron chi connectivity index (χ3n) is 3.91. The van der Waals surface area contributed by atoms with Gasteiger partial charge in [0.05, 0.1) is 21.8 Å². The van der Waals surface area contributed by atoms with E-state index in [9.17, 15) is 18.0 Å². The summed E-state index contributed by atoms with van der Waals surface area (Å²) in [6.07, 6.45) is -4.41. The maximum atomic E-state index is 12.5. The molecule has 0 spiro atoms. The molecule has 0 fully saturated rings. The number of aryl methyl sites for hydroxylation is 2. The number of carbonyl (C=O) groups excluding carboxylic acids is 1. The molecular formula is C17H16F3N3O3S. The van der Waals surface area contributed by atoms with Gasteiger partial charge in [-0.1, -0.05) is 16.5 Å². The fourth-order valence-corrected chi connectivity index (χ4v) is 3.56. The van der Waals surface area contributed by atoms with Crippen molar-refractivity contribution in [2.75, 3.05) is 11.9 Å². The second-order valence-corrected chi connectivity index (χ2v) is 7.03. The van der Waals surface area contributed by atoms with Crippen LogP contribution in [0.15, 0.2) is 22.7 Å². The molecule has 0 bridgehead atoms. The third kappa shape index (κ3) is 4.38. The van der Waals surface area contributed by atoms with Gasteiger partial charge in [-0.25, -0.2) is 4.98 Å². The number of nitrogens with zero attached hydrogens (tertiary/aromatic N) is 2. The van der Waals surface area contributed by atoms with Crippen molar-refractivity contribution in [2.45, 2.75) is 32.9 Å². The highest BCUT2D eigenvalue weighted by Crippen LogP contribution is 2.31. The zero-order chi connectivity index (χ0) is 19.8. The molecule has 2 heterocycles. The largest absolute Gasteiger partial charge is 0.484 e. The maximum absolute atomic E-state index is 12.5. The predicted molar refractivity (Wildman–Crippen MR) is 94.2 cm³/mol. The number of rotatable bonds is 5. The third-order valence-corrected chi connectivity index (χ3v) is 4.84. The monoisotopic (exact) mass is 399 g/mol. The minimum Gasteiger partial charge on any atom is -0.484 e. The van der Waals surface area contributed by atoms with Gasteiger partial charge in [0.25, 0.3) is 0 Å². The molecule has 1 unspecified atom stereocenters. The van der Waals surface area contributed by atoms with Crippen molar-refractivity contribution in [2.24, 2.45) is 0 Å². The first-order valence-corrected chi connectivity index (χ1v) is 8.79. The second kappa shape index (κ2) is 7.18. The van der Waals surface area contributed by atoms with E-state index in [4.69, 9.17) is 9.26 Å². The zero-order valence-electron chi connectivity index (χ0n) is 14.7. The average molecular weight is 399 g/mol. The molecule has 10 heteroatoms. The molecule has 0 aliphatic heterocycles. The fraction of sp³-hybridized carbons (Fsp3) is 0.353. The SMILES string of the molecule is Cc1noc(C)c1C(C)C(=O)Nc1nc2ccc(OCC(F)(F)F)cc2s1. The summed E-state index contributed by atoms with van der Waals surface area (Å²) >= 11 is 1.15. The van der Waals surface area contributed by atoms with Crippen LogP contribution in [0.5, 0.6) is 5.75 Å². The minimum absolute atomic E-state index is 0.0884. The molecule has 144 valence electrons. The summed E-state index contributed by atoms with van der Waals surface area (Å²) in [6.45, 7) is 3.86. The van der Waals surface area contributed by atoms with E-state index >= 15 is 0 Å². The number of hydrogen-bond acceptors (Lipinski definition) is 6. The first-order chi connectivity index (χ1) is 12.6. The van der Waals surface area contributed by atoms with Gasteiger partial charge in [-0.2, -0.15) is 13.2 Å². The van der Waals surface area contributed by atoms with Crippen LogP contribution in [-0.2, 0) is 4.79 Å². The number of anilines is 1. The smallest absolute Gasteiger partial charge is 0.422 e. The molecule has 0 radical (unpaired) electrons. The Balaban J connectivity index is 1.74. The average Bonchev–Trinajstić information content (AvgIpc) is 3.13. The van der Waals surface area contributed by atoms with E-state index in [-0.39, 0.29) is 11.7 Å². The summed E-state index contributed by atoms with van der Waals surface area (Å²) in [6, 6.07) is 4.42. The van der Waals surface area contributed by atoms with Crippen LogP contribution in [0.1, 0.15) is 29.9 Å². The molecule has 0 saturated heterocycles. The Kier molecular flexibility index (Phi) is 5.09. The van der Waals surface area contributed by atoms with E-state index in [0.29, 0.717) is 26.8 Å². The van der Waals surface area contributed by atoms with Crippen LogP contribution in [0.25, 0.3) is 10.2 Å². The molecular weight excluding hydrogens is 383 g/mol. The van der Waals surface area contributed by atoms with Gasteiger partial charge in [0.1, 0.15) is 11.5 Å². The molecule has 3 aromatic rings. The summed E-state index contributed by atoms with van der Waals surface area (Å²) in [5.74, 6) is -0.109.